The van der Waals surface area contributed by atoms with Gasteiger partial charge in [0.15, 0.2) is 5.69 Å². The van der Waals surface area contributed by atoms with Crippen molar-refractivity contribution >= 4 is 11.8 Å². The lowest BCUT2D eigenvalue weighted by Gasteiger charge is -2.20. The van der Waals surface area contributed by atoms with Crippen molar-refractivity contribution < 1.29 is 14.7 Å². The maximum atomic E-state index is 12.1. The van der Waals surface area contributed by atoms with Gasteiger partial charge in [0.1, 0.15) is 5.75 Å². The molecule has 1 aromatic heterocycles. The monoisotopic (exact) mass is 251 g/mol. The number of hydrogen-bond acceptors (Lipinski definition) is 4. The summed E-state index contributed by atoms with van der Waals surface area (Å²) in [7, 11) is 1.51. The minimum Gasteiger partial charge on any atom is -0.505 e. The summed E-state index contributed by atoms with van der Waals surface area (Å²) in [5, 5.41) is 12.0. The fraction of sp³-hybridized carbons (Fsp3) is 0.417. The third-order valence-corrected chi connectivity index (χ3v) is 2.38. The first-order valence-corrected chi connectivity index (χ1v) is 5.74. The van der Waals surface area contributed by atoms with Crippen molar-refractivity contribution in [2.45, 2.75) is 13.3 Å². The zero-order valence-electron chi connectivity index (χ0n) is 10.5. The van der Waals surface area contributed by atoms with Gasteiger partial charge >= 0.3 is 0 Å². The molecule has 0 saturated heterocycles. The van der Waals surface area contributed by atoms with Gasteiger partial charge < -0.3 is 15.3 Å². The fourth-order valence-corrected chi connectivity index (χ4v) is 1.49. The van der Waals surface area contributed by atoms with Crippen molar-refractivity contribution in [3.8, 4) is 5.75 Å². The second-order valence-corrected chi connectivity index (χ2v) is 3.77. The minimum atomic E-state index is -0.446. The molecule has 1 aromatic rings. The van der Waals surface area contributed by atoms with E-state index in [9.17, 15) is 14.7 Å². The summed E-state index contributed by atoms with van der Waals surface area (Å²) in [5.41, 5.74) is -0.0325. The van der Waals surface area contributed by atoms with Crippen molar-refractivity contribution in [2.24, 2.45) is 0 Å². The number of nitrogens with zero attached hydrogens (tertiary/aromatic N) is 2. The summed E-state index contributed by atoms with van der Waals surface area (Å²) < 4.78 is 0. The molecule has 0 bridgehead atoms. The maximum Gasteiger partial charge on any atom is 0.276 e. The van der Waals surface area contributed by atoms with E-state index in [1.165, 1.54) is 30.3 Å². The number of carbonyl (C=O) groups excluding carboxylic acids is 2. The zero-order chi connectivity index (χ0) is 13.5. The Hall–Kier alpha value is -2.11. The van der Waals surface area contributed by atoms with Gasteiger partial charge in [-0.05, 0) is 18.6 Å². The molecular formula is C12H17N3O3. The molecule has 0 aliphatic carbocycles. The van der Waals surface area contributed by atoms with Crippen LogP contribution in [0, 0.1) is 0 Å². The minimum absolute atomic E-state index is 0.0325. The van der Waals surface area contributed by atoms with Gasteiger partial charge in [0.25, 0.3) is 5.91 Å². The van der Waals surface area contributed by atoms with Crippen LogP contribution < -0.4 is 5.32 Å². The Bertz CT molecular complexity index is 434. The molecule has 0 spiro atoms. The molecule has 1 rings (SSSR count). The van der Waals surface area contributed by atoms with Crippen LogP contribution >= 0.6 is 0 Å². The average molecular weight is 251 g/mol. The highest BCUT2D eigenvalue weighted by Crippen LogP contribution is 2.15. The summed E-state index contributed by atoms with van der Waals surface area (Å²) in [4.78, 5) is 28.7. The number of hydrogen-bond donors (Lipinski definition) is 2. The molecule has 0 fully saturated rings. The molecule has 6 heteroatoms. The molecule has 6 nitrogen and oxygen atoms in total. The van der Waals surface area contributed by atoms with E-state index in [0.717, 1.165) is 6.42 Å². The van der Waals surface area contributed by atoms with Gasteiger partial charge in [0.2, 0.25) is 5.91 Å². The number of likely N-dealkylation sites (N-methyl/N-ethyl adjacent to an activating group) is 1. The highest BCUT2D eigenvalue weighted by Gasteiger charge is 2.21. The maximum absolute atomic E-state index is 12.1. The first kappa shape index (κ1) is 14.0. The van der Waals surface area contributed by atoms with E-state index in [1.807, 2.05) is 6.92 Å². The van der Waals surface area contributed by atoms with Crippen LogP contribution in [-0.4, -0.2) is 46.9 Å². The molecule has 2 amide bonds. The molecule has 0 aliphatic heterocycles. The molecule has 0 saturated carbocycles. The molecular weight excluding hydrogens is 234 g/mol. The SMILES string of the molecule is CCCN(CC(=O)NC)C(=O)c1ncccc1O. The van der Waals surface area contributed by atoms with Crippen molar-refractivity contribution in [3.05, 3.63) is 24.0 Å². The van der Waals surface area contributed by atoms with Crippen LogP contribution in [0.3, 0.4) is 0 Å². The van der Waals surface area contributed by atoms with Crippen molar-refractivity contribution in [3.63, 3.8) is 0 Å². The molecule has 18 heavy (non-hydrogen) atoms. The summed E-state index contributed by atoms with van der Waals surface area (Å²) in [5.74, 6) is -0.883. The van der Waals surface area contributed by atoms with E-state index in [2.05, 4.69) is 10.3 Å². The van der Waals surface area contributed by atoms with Crippen LogP contribution in [-0.2, 0) is 4.79 Å². The van der Waals surface area contributed by atoms with Crippen molar-refractivity contribution in [1.82, 2.24) is 15.2 Å². The van der Waals surface area contributed by atoms with E-state index in [-0.39, 0.29) is 23.9 Å². The van der Waals surface area contributed by atoms with Crippen LogP contribution in [0.25, 0.3) is 0 Å². The van der Waals surface area contributed by atoms with E-state index < -0.39 is 5.91 Å². The predicted octanol–water partition coefficient (Wildman–Crippen LogP) is 0.385. The number of amides is 2. The third-order valence-electron chi connectivity index (χ3n) is 2.38. The van der Waals surface area contributed by atoms with E-state index in [4.69, 9.17) is 0 Å². The Morgan fingerprint density at radius 1 is 1.50 bits per heavy atom. The highest BCUT2D eigenvalue weighted by molar-refractivity contribution is 5.96. The van der Waals surface area contributed by atoms with Gasteiger partial charge in [-0.1, -0.05) is 6.92 Å². The molecule has 2 N–H and O–H groups in total. The Labute approximate surface area is 106 Å². The van der Waals surface area contributed by atoms with Gasteiger partial charge in [-0.2, -0.15) is 0 Å². The van der Waals surface area contributed by atoms with Gasteiger partial charge in [0, 0.05) is 19.8 Å². The van der Waals surface area contributed by atoms with Gasteiger partial charge in [-0.3, -0.25) is 9.59 Å². The predicted molar refractivity (Wildman–Crippen MR) is 66.2 cm³/mol. The second-order valence-electron chi connectivity index (χ2n) is 3.77. The Morgan fingerprint density at radius 3 is 2.78 bits per heavy atom. The van der Waals surface area contributed by atoms with Gasteiger partial charge in [-0.15, -0.1) is 0 Å². The molecule has 0 aliphatic rings. The van der Waals surface area contributed by atoms with E-state index in [1.54, 1.807) is 0 Å². The number of pyridine rings is 1. The molecule has 0 atom stereocenters. The van der Waals surface area contributed by atoms with Crippen LogP contribution in [0.4, 0.5) is 0 Å². The topological polar surface area (TPSA) is 82.5 Å². The number of carbonyl (C=O) groups is 2. The molecule has 0 unspecified atom stereocenters. The van der Waals surface area contributed by atoms with Crippen LogP contribution in [0.2, 0.25) is 0 Å². The fourth-order valence-electron chi connectivity index (χ4n) is 1.49. The van der Waals surface area contributed by atoms with Crippen LogP contribution in [0.5, 0.6) is 5.75 Å². The normalized spacial score (nSPS) is 9.89. The van der Waals surface area contributed by atoms with Crippen LogP contribution in [0.1, 0.15) is 23.8 Å². The van der Waals surface area contributed by atoms with Crippen LogP contribution in [0.15, 0.2) is 18.3 Å². The molecule has 0 radical (unpaired) electrons. The Balaban J connectivity index is 2.89. The third kappa shape index (κ3) is 3.44. The quantitative estimate of drug-likeness (QED) is 0.792. The Morgan fingerprint density at radius 2 is 2.22 bits per heavy atom. The zero-order valence-corrected chi connectivity index (χ0v) is 10.5. The Kier molecular flexibility index (Phi) is 5.10. The number of aromatic hydroxyl groups is 1. The highest BCUT2D eigenvalue weighted by atomic mass is 16.3. The lowest BCUT2D eigenvalue weighted by Crippen LogP contribution is -2.40. The van der Waals surface area contributed by atoms with Gasteiger partial charge in [-0.25, -0.2) is 4.98 Å². The van der Waals surface area contributed by atoms with E-state index >= 15 is 0 Å². The van der Waals surface area contributed by atoms with E-state index in [0.29, 0.717) is 6.54 Å². The molecule has 98 valence electrons. The average Bonchev–Trinajstić information content (AvgIpc) is 2.38. The lowest BCUT2D eigenvalue weighted by molar-refractivity contribution is -0.121. The molecule has 1 heterocycles. The smallest absolute Gasteiger partial charge is 0.276 e. The second kappa shape index (κ2) is 6.58. The summed E-state index contributed by atoms with van der Waals surface area (Å²) >= 11 is 0. The first-order chi connectivity index (χ1) is 8.60. The summed E-state index contributed by atoms with van der Waals surface area (Å²) in [6.07, 6.45) is 2.15. The largest absolute Gasteiger partial charge is 0.505 e. The van der Waals surface area contributed by atoms with Crippen molar-refractivity contribution in [1.29, 1.82) is 0 Å². The number of nitrogens with one attached hydrogen (secondary N) is 1. The lowest BCUT2D eigenvalue weighted by atomic mass is 10.2. The van der Waals surface area contributed by atoms with Crippen molar-refractivity contribution in [2.75, 3.05) is 20.1 Å². The molecule has 0 aromatic carbocycles. The number of rotatable bonds is 5. The number of aromatic nitrogens is 1. The summed E-state index contributed by atoms with van der Waals surface area (Å²) in [6, 6.07) is 2.93. The standard InChI is InChI=1S/C12H17N3O3/c1-3-7-15(8-10(17)13-2)12(18)11-9(16)5-4-6-14-11/h4-6,16H,3,7-8H2,1-2H3,(H,13,17). The first-order valence-electron chi connectivity index (χ1n) is 5.74. The van der Waals surface area contributed by atoms with Gasteiger partial charge in [0.05, 0.1) is 6.54 Å². The summed E-state index contributed by atoms with van der Waals surface area (Å²) in [6.45, 7) is 2.30.